The summed E-state index contributed by atoms with van der Waals surface area (Å²) in [6, 6.07) is 52.8. The summed E-state index contributed by atoms with van der Waals surface area (Å²) in [5.41, 5.74) is 23.8. The van der Waals surface area contributed by atoms with Gasteiger partial charge in [-0.1, -0.05) is 250 Å². The van der Waals surface area contributed by atoms with Gasteiger partial charge in [-0.25, -0.2) is 0 Å². The van der Waals surface area contributed by atoms with Crippen LogP contribution in [0.5, 0.6) is 0 Å². The number of hydrogen-bond acceptors (Lipinski definition) is 6. The maximum atomic E-state index is 2.81. The van der Waals surface area contributed by atoms with E-state index in [1.807, 2.05) is 68.0 Å². The SMILES string of the molecule is CCCCCCC1(CCCCCC)c2ccc(-c3ccc(-c4cccs4)s3)cc2-c2c1c1c(c3c2C(CCCCCC)(CCCCCC)c2ccc(-c4ccc(-c5cccs5)s4)cc2-3)C(CCCCCC)(CCCCCC)c2ccc(-c3ccc(-c4cccs4)s3)cc2-1. The van der Waals surface area contributed by atoms with Crippen molar-refractivity contribution in [3.8, 4) is 94.0 Å². The molecule has 486 valence electrons. The van der Waals surface area contributed by atoms with Crippen LogP contribution in [-0.2, 0) is 16.2 Å². The smallest absolute Gasteiger partial charge is 0.0449 e. The summed E-state index contributed by atoms with van der Waals surface area (Å²) in [4.78, 5) is 12.5. The van der Waals surface area contributed by atoms with Crippen molar-refractivity contribution in [3.63, 3.8) is 0 Å². The molecule has 0 amide bonds. The Labute approximate surface area is 584 Å². The van der Waals surface area contributed by atoms with Crippen LogP contribution in [0.2, 0.25) is 0 Å². The molecule has 6 heteroatoms. The fraction of sp³-hybridized carbons (Fsp3) is 0.448. The highest BCUT2D eigenvalue weighted by molar-refractivity contribution is 7.24. The Hall–Kier alpha value is -4.92. The predicted octanol–water partition coefficient (Wildman–Crippen LogP) is 30.7. The lowest BCUT2D eigenvalue weighted by Crippen LogP contribution is -2.31. The molecule has 0 atom stereocenters. The van der Waals surface area contributed by atoms with Gasteiger partial charge in [0.05, 0.1) is 0 Å². The van der Waals surface area contributed by atoms with Crippen LogP contribution in [0.1, 0.15) is 268 Å². The molecule has 4 aromatic carbocycles. The average Bonchev–Trinajstić information content (AvgIpc) is 1.48. The summed E-state index contributed by atoms with van der Waals surface area (Å²) in [6.45, 7) is 14.5. The lowest BCUT2D eigenvalue weighted by molar-refractivity contribution is 0.389. The molecule has 6 aromatic heterocycles. The molecule has 0 saturated heterocycles. The highest BCUT2D eigenvalue weighted by atomic mass is 32.1. The number of fused-ring (bicyclic) bond motifs is 12. The summed E-state index contributed by atoms with van der Waals surface area (Å²) >= 11 is 11.6. The average molecular weight is 1340 g/mol. The number of unbranched alkanes of at least 4 members (excludes halogenated alkanes) is 18. The standard InChI is InChI=1S/C87H102S6/c1-7-13-19-25-49-85(50-26-20-14-8-2)67-40-37-61(70-43-46-76(91-70)73-34-31-55-88-73)58-64(67)79-82(85)80-65-59-62(71-44-47-77(92-71)74-35-32-56-89-74)38-41-68(65)86(51-27-21-15-9-3,52-28-22-16-10-4)84(80)81-66-60-63(72-45-48-78(93-72)75-36-33-57-90-75)39-42-69(66)87(83(79)81,53-29-23-17-11-5)54-30-24-18-12-6/h31-48,55-60H,7-30,49-54H2,1-6H3. The third-order valence-corrected chi connectivity index (χ3v) is 28.7. The number of thiophene rings is 6. The Kier molecular flexibility index (Phi) is 22.0. The topological polar surface area (TPSA) is 0 Å². The first-order chi connectivity index (χ1) is 45.8. The van der Waals surface area contributed by atoms with E-state index in [0.717, 1.165) is 0 Å². The molecule has 0 radical (unpaired) electrons. The minimum absolute atomic E-state index is 0.143. The third-order valence-electron chi connectivity index (χ3n) is 22.1. The van der Waals surface area contributed by atoms with Gasteiger partial charge in [0, 0.05) is 60.1 Å². The number of rotatable bonds is 36. The zero-order valence-electron chi connectivity index (χ0n) is 57.0. The van der Waals surface area contributed by atoms with Crippen LogP contribution in [0.25, 0.3) is 94.0 Å². The van der Waals surface area contributed by atoms with E-state index in [1.165, 1.54) is 253 Å². The van der Waals surface area contributed by atoms with Crippen LogP contribution in [0, 0.1) is 0 Å². The Morgan fingerprint density at radius 1 is 0.247 bits per heavy atom. The summed E-state index contributed by atoms with van der Waals surface area (Å²) < 4.78 is 0. The molecule has 0 N–H and O–H groups in total. The summed E-state index contributed by atoms with van der Waals surface area (Å²) in [5, 5.41) is 6.74. The van der Waals surface area contributed by atoms with E-state index in [-0.39, 0.29) is 16.2 Å². The van der Waals surface area contributed by atoms with Crippen molar-refractivity contribution >= 4 is 68.0 Å². The quantitative estimate of drug-likeness (QED) is 0.0343. The van der Waals surface area contributed by atoms with Crippen LogP contribution >= 0.6 is 68.0 Å². The minimum Gasteiger partial charge on any atom is -0.143 e. The molecule has 0 spiro atoms. The van der Waals surface area contributed by atoms with Crippen molar-refractivity contribution < 1.29 is 0 Å². The van der Waals surface area contributed by atoms with Crippen molar-refractivity contribution in [2.75, 3.05) is 0 Å². The first-order valence-corrected chi connectivity index (χ1v) is 42.1. The summed E-state index contributed by atoms with van der Waals surface area (Å²) in [6.07, 6.45) is 37.8. The summed E-state index contributed by atoms with van der Waals surface area (Å²) in [7, 11) is 0. The molecule has 0 fully saturated rings. The minimum atomic E-state index is -0.143. The van der Waals surface area contributed by atoms with Gasteiger partial charge in [0.2, 0.25) is 0 Å². The molecule has 0 saturated carbocycles. The molecule has 93 heavy (non-hydrogen) atoms. The van der Waals surface area contributed by atoms with E-state index in [4.69, 9.17) is 0 Å². The van der Waals surface area contributed by atoms with Crippen LogP contribution < -0.4 is 0 Å². The van der Waals surface area contributed by atoms with Gasteiger partial charge in [-0.3, -0.25) is 0 Å². The zero-order valence-corrected chi connectivity index (χ0v) is 61.9. The van der Waals surface area contributed by atoms with E-state index < -0.39 is 0 Å². The first-order valence-electron chi connectivity index (χ1n) is 37.0. The van der Waals surface area contributed by atoms with Crippen LogP contribution in [0.4, 0.5) is 0 Å². The highest BCUT2D eigenvalue weighted by Gasteiger charge is 2.58. The lowest BCUT2D eigenvalue weighted by Gasteiger charge is -2.39. The molecule has 6 heterocycles. The molecule has 3 aliphatic rings. The monoisotopic (exact) mass is 1340 g/mol. The van der Waals surface area contributed by atoms with Crippen LogP contribution in [0.15, 0.2) is 144 Å². The summed E-state index contributed by atoms with van der Waals surface area (Å²) in [5.74, 6) is 0. The van der Waals surface area contributed by atoms with Gasteiger partial charge in [0.25, 0.3) is 0 Å². The van der Waals surface area contributed by atoms with E-state index in [1.54, 1.807) is 66.8 Å². The molecule has 10 aromatic rings. The number of hydrogen-bond donors (Lipinski definition) is 0. The van der Waals surface area contributed by atoms with Gasteiger partial charge in [-0.2, -0.15) is 0 Å². The highest BCUT2D eigenvalue weighted by Crippen LogP contribution is 2.72. The van der Waals surface area contributed by atoms with Gasteiger partial charge in [0.1, 0.15) is 0 Å². The predicted molar refractivity (Wildman–Crippen MR) is 418 cm³/mol. The molecular formula is C87H102S6. The van der Waals surface area contributed by atoms with Gasteiger partial charge in [-0.15, -0.1) is 68.0 Å². The van der Waals surface area contributed by atoms with Crippen LogP contribution in [-0.4, -0.2) is 0 Å². The molecule has 0 nitrogen and oxygen atoms in total. The Balaban J connectivity index is 1.20. The molecule has 3 aliphatic carbocycles. The van der Waals surface area contributed by atoms with Crippen molar-refractivity contribution in [3.05, 3.63) is 177 Å². The lowest BCUT2D eigenvalue weighted by atomic mass is 9.63. The number of benzene rings is 4. The second-order valence-electron chi connectivity index (χ2n) is 28.1. The van der Waals surface area contributed by atoms with Gasteiger partial charge in [-0.05, 0) is 211 Å². The van der Waals surface area contributed by atoms with Gasteiger partial charge in [0.15, 0.2) is 0 Å². The second-order valence-corrected chi connectivity index (χ2v) is 34.2. The fourth-order valence-electron chi connectivity index (χ4n) is 17.5. The maximum absolute atomic E-state index is 2.81. The Morgan fingerprint density at radius 3 is 0.720 bits per heavy atom. The van der Waals surface area contributed by atoms with Crippen molar-refractivity contribution in [2.45, 2.75) is 250 Å². The van der Waals surface area contributed by atoms with Gasteiger partial charge < -0.3 is 0 Å². The Morgan fingerprint density at radius 2 is 0.495 bits per heavy atom. The van der Waals surface area contributed by atoms with E-state index >= 15 is 0 Å². The van der Waals surface area contributed by atoms with Crippen LogP contribution in [0.3, 0.4) is 0 Å². The molecular weight excluding hydrogens is 1240 g/mol. The van der Waals surface area contributed by atoms with E-state index in [2.05, 4.69) is 185 Å². The molecule has 0 unspecified atom stereocenters. The van der Waals surface area contributed by atoms with Crippen molar-refractivity contribution in [2.24, 2.45) is 0 Å². The molecule has 0 bridgehead atoms. The maximum Gasteiger partial charge on any atom is 0.0449 e. The van der Waals surface area contributed by atoms with E-state index in [9.17, 15) is 0 Å². The molecule has 13 rings (SSSR count). The zero-order chi connectivity index (χ0) is 63.8. The Bertz CT molecular complexity index is 3560. The third kappa shape index (κ3) is 13.0. The molecule has 0 aliphatic heterocycles. The largest absolute Gasteiger partial charge is 0.143 e. The second kappa shape index (κ2) is 30.7. The fourth-order valence-corrected chi connectivity index (χ4v) is 23.1. The van der Waals surface area contributed by atoms with Gasteiger partial charge >= 0.3 is 0 Å². The van der Waals surface area contributed by atoms with Crippen molar-refractivity contribution in [1.29, 1.82) is 0 Å². The first kappa shape index (κ1) is 66.7. The van der Waals surface area contributed by atoms with E-state index in [0.29, 0.717) is 0 Å². The van der Waals surface area contributed by atoms with Crippen molar-refractivity contribution in [1.82, 2.24) is 0 Å². The normalized spacial score (nSPS) is 14.4.